The summed E-state index contributed by atoms with van der Waals surface area (Å²) in [5.41, 5.74) is 2.01. The van der Waals surface area contributed by atoms with Crippen LogP contribution in [0.4, 0.5) is 5.82 Å². The molecule has 0 bridgehead atoms. The first-order valence-corrected chi connectivity index (χ1v) is 6.48. The maximum atomic E-state index is 12.4. The Balaban J connectivity index is 1.69. The average Bonchev–Trinajstić information content (AvgIpc) is 3.14. The van der Waals surface area contributed by atoms with Crippen LogP contribution in [-0.2, 0) is 7.05 Å². The minimum atomic E-state index is -0.268. The number of rotatable bonds is 2. The van der Waals surface area contributed by atoms with Crippen molar-refractivity contribution in [1.29, 1.82) is 0 Å². The van der Waals surface area contributed by atoms with E-state index in [1.807, 2.05) is 6.07 Å². The average molecular weight is 294 g/mol. The first kappa shape index (κ1) is 12.4. The van der Waals surface area contributed by atoms with Crippen LogP contribution in [0.15, 0.2) is 36.8 Å². The lowest BCUT2D eigenvalue weighted by Gasteiger charge is -2.06. The summed E-state index contributed by atoms with van der Waals surface area (Å²) in [7, 11) is 1.80. The van der Waals surface area contributed by atoms with Crippen LogP contribution in [0.25, 0.3) is 16.8 Å². The van der Waals surface area contributed by atoms with Gasteiger partial charge in [-0.2, -0.15) is 14.6 Å². The third-order valence-electron chi connectivity index (χ3n) is 3.29. The third-order valence-corrected chi connectivity index (χ3v) is 3.29. The number of nitrogens with one attached hydrogen (secondary N) is 1. The van der Waals surface area contributed by atoms with Gasteiger partial charge in [0.15, 0.2) is 0 Å². The lowest BCUT2D eigenvalue weighted by atomic mass is 10.2. The molecule has 0 radical (unpaired) electrons. The molecule has 0 saturated heterocycles. The van der Waals surface area contributed by atoms with Crippen LogP contribution < -0.4 is 5.32 Å². The summed E-state index contributed by atoms with van der Waals surface area (Å²) in [6.07, 6.45) is 2.94. The summed E-state index contributed by atoms with van der Waals surface area (Å²) in [4.78, 5) is 20.4. The molecule has 1 aromatic carbocycles. The summed E-state index contributed by atoms with van der Waals surface area (Å²) in [6, 6.07) is 6.88. The van der Waals surface area contributed by atoms with Crippen molar-refractivity contribution in [2.75, 3.05) is 5.32 Å². The van der Waals surface area contributed by atoms with Gasteiger partial charge in [0.1, 0.15) is 17.7 Å². The summed E-state index contributed by atoms with van der Waals surface area (Å²) < 4.78 is 3.11. The molecule has 0 aliphatic carbocycles. The predicted octanol–water partition coefficient (Wildman–Crippen LogP) is 0.658. The monoisotopic (exact) mass is 294 g/mol. The number of hydrogen-bond acceptors (Lipinski definition) is 6. The molecule has 0 fully saturated rings. The molecule has 3 heterocycles. The number of aromatic nitrogens is 7. The molecule has 22 heavy (non-hydrogen) atoms. The van der Waals surface area contributed by atoms with E-state index in [1.165, 1.54) is 10.8 Å². The second kappa shape index (κ2) is 4.58. The Labute approximate surface area is 123 Å². The highest BCUT2D eigenvalue weighted by molar-refractivity contribution is 6.05. The maximum absolute atomic E-state index is 12.4. The number of fused-ring (bicyclic) bond motifs is 2. The molecule has 1 N–H and O–H groups in total. The van der Waals surface area contributed by atoms with Crippen molar-refractivity contribution in [3.8, 4) is 0 Å². The molecule has 4 aromatic rings. The standard InChI is InChI=1S/C13H10N8O/c1-20-10-3-2-8(6-9(10)18-19-20)12(22)17-11-4-5-14-13-15-7-16-21(11)13/h2-7H,1H3,(H,17,22). The molecule has 9 heteroatoms. The fourth-order valence-corrected chi connectivity index (χ4v) is 2.20. The van der Waals surface area contributed by atoms with Gasteiger partial charge in [-0.1, -0.05) is 5.21 Å². The molecule has 0 saturated carbocycles. The fraction of sp³-hybridized carbons (Fsp3) is 0.0769. The van der Waals surface area contributed by atoms with E-state index < -0.39 is 0 Å². The normalized spacial score (nSPS) is 11.1. The van der Waals surface area contributed by atoms with Gasteiger partial charge in [-0.25, -0.2) is 9.67 Å². The lowest BCUT2D eigenvalue weighted by Crippen LogP contribution is -2.15. The van der Waals surface area contributed by atoms with E-state index in [9.17, 15) is 4.79 Å². The number of carbonyl (C=O) groups is 1. The minimum Gasteiger partial charge on any atom is -0.306 e. The van der Waals surface area contributed by atoms with Crippen LogP contribution in [0, 0.1) is 0 Å². The van der Waals surface area contributed by atoms with Crippen molar-refractivity contribution in [1.82, 2.24) is 34.6 Å². The van der Waals surface area contributed by atoms with Crippen molar-refractivity contribution >= 4 is 28.5 Å². The number of nitrogens with zero attached hydrogens (tertiary/aromatic N) is 7. The summed E-state index contributed by atoms with van der Waals surface area (Å²) >= 11 is 0. The number of amides is 1. The SMILES string of the molecule is Cn1nnc2cc(C(=O)Nc3ccnc4ncnn34)ccc21. The molecule has 108 valence electrons. The topological polar surface area (TPSA) is 103 Å². The lowest BCUT2D eigenvalue weighted by molar-refractivity contribution is 0.102. The second-order valence-electron chi connectivity index (χ2n) is 4.67. The van der Waals surface area contributed by atoms with Crippen LogP contribution in [0.1, 0.15) is 10.4 Å². The van der Waals surface area contributed by atoms with Gasteiger partial charge in [0.25, 0.3) is 11.7 Å². The number of hydrogen-bond donors (Lipinski definition) is 1. The zero-order chi connectivity index (χ0) is 15.1. The molecule has 9 nitrogen and oxygen atoms in total. The zero-order valence-electron chi connectivity index (χ0n) is 11.5. The fourth-order valence-electron chi connectivity index (χ4n) is 2.20. The number of anilines is 1. The highest BCUT2D eigenvalue weighted by Crippen LogP contribution is 2.14. The van der Waals surface area contributed by atoms with Gasteiger partial charge < -0.3 is 5.32 Å². The molecular weight excluding hydrogens is 284 g/mol. The summed E-state index contributed by atoms with van der Waals surface area (Å²) in [5, 5.41) is 14.7. The molecular formula is C13H10N8O. The first-order valence-electron chi connectivity index (χ1n) is 6.48. The first-order chi connectivity index (χ1) is 10.7. The van der Waals surface area contributed by atoms with Crippen LogP contribution >= 0.6 is 0 Å². The van der Waals surface area contributed by atoms with Crippen LogP contribution in [0.2, 0.25) is 0 Å². The second-order valence-corrected chi connectivity index (χ2v) is 4.67. The molecule has 3 aromatic heterocycles. The van der Waals surface area contributed by atoms with E-state index >= 15 is 0 Å². The Bertz CT molecular complexity index is 1000. The largest absolute Gasteiger partial charge is 0.306 e. The zero-order valence-corrected chi connectivity index (χ0v) is 11.5. The molecule has 0 atom stereocenters. The Hall–Kier alpha value is -3.36. The maximum Gasteiger partial charge on any atom is 0.256 e. The third kappa shape index (κ3) is 1.87. The minimum absolute atomic E-state index is 0.268. The Morgan fingerprint density at radius 2 is 2.14 bits per heavy atom. The van der Waals surface area contributed by atoms with Crippen LogP contribution in [0.5, 0.6) is 0 Å². The number of benzene rings is 1. The molecule has 4 rings (SSSR count). The van der Waals surface area contributed by atoms with Crippen LogP contribution in [-0.4, -0.2) is 40.5 Å². The van der Waals surface area contributed by atoms with Gasteiger partial charge in [0.2, 0.25) is 0 Å². The van der Waals surface area contributed by atoms with Crippen molar-refractivity contribution in [2.24, 2.45) is 7.05 Å². The number of carbonyl (C=O) groups excluding carboxylic acids is 1. The Morgan fingerprint density at radius 3 is 3.05 bits per heavy atom. The highest BCUT2D eigenvalue weighted by atomic mass is 16.1. The van der Waals surface area contributed by atoms with E-state index in [2.05, 4.69) is 30.7 Å². The molecule has 0 aliphatic rings. The van der Waals surface area contributed by atoms with Gasteiger partial charge in [0.05, 0.1) is 5.52 Å². The van der Waals surface area contributed by atoms with Crippen molar-refractivity contribution < 1.29 is 4.79 Å². The summed E-state index contributed by atoms with van der Waals surface area (Å²) in [5.74, 6) is 0.643. The molecule has 0 aliphatic heterocycles. The van der Waals surface area contributed by atoms with Gasteiger partial charge >= 0.3 is 0 Å². The van der Waals surface area contributed by atoms with Gasteiger partial charge in [-0.05, 0) is 24.3 Å². The van der Waals surface area contributed by atoms with Crippen molar-refractivity contribution in [3.63, 3.8) is 0 Å². The van der Waals surface area contributed by atoms with Gasteiger partial charge in [-0.3, -0.25) is 4.79 Å². The van der Waals surface area contributed by atoms with E-state index in [-0.39, 0.29) is 5.91 Å². The molecule has 0 spiro atoms. The number of aryl methyl sites for hydroxylation is 1. The Morgan fingerprint density at radius 1 is 1.23 bits per heavy atom. The van der Waals surface area contributed by atoms with E-state index in [0.717, 1.165) is 5.52 Å². The van der Waals surface area contributed by atoms with E-state index in [0.29, 0.717) is 22.7 Å². The van der Waals surface area contributed by atoms with Gasteiger partial charge in [-0.15, -0.1) is 5.10 Å². The predicted molar refractivity (Wildman–Crippen MR) is 77.2 cm³/mol. The van der Waals surface area contributed by atoms with E-state index in [4.69, 9.17) is 0 Å². The van der Waals surface area contributed by atoms with Crippen LogP contribution in [0.3, 0.4) is 0 Å². The Kier molecular flexibility index (Phi) is 2.58. The quantitative estimate of drug-likeness (QED) is 0.582. The molecule has 1 amide bonds. The van der Waals surface area contributed by atoms with Crippen molar-refractivity contribution in [3.05, 3.63) is 42.4 Å². The summed E-state index contributed by atoms with van der Waals surface area (Å²) in [6.45, 7) is 0. The highest BCUT2D eigenvalue weighted by Gasteiger charge is 2.11. The van der Waals surface area contributed by atoms with Crippen molar-refractivity contribution in [2.45, 2.75) is 0 Å². The van der Waals surface area contributed by atoms with E-state index in [1.54, 1.807) is 36.1 Å². The smallest absolute Gasteiger partial charge is 0.256 e. The molecule has 0 unspecified atom stereocenters. The van der Waals surface area contributed by atoms with Gasteiger partial charge in [0, 0.05) is 18.8 Å².